The summed E-state index contributed by atoms with van der Waals surface area (Å²) in [4.78, 5) is 26.6. The number of hydrazine groups is 1. The number of hydrogen-bond acceptors (Lipinski definition) is 5. The van der Waals surface area contributed by atoms with Gasteiger partial charge >= 0.3 is 0 Å². The molecule has 29 heavy (non-hydrogen) atoms. The number of carbonyl (C=O) groups excluding carboxylic acids is 2. The molecule has 3 rings (SSSR count). The molecule has 0 aliphatic heterocycles. The number of para-hydroxylation sites is 1. The molecule has 2 N–H and O–H groups in total. The second-order valence-electron chi connectivity index (χ2n) is 7.23. The van der Waals surface area contributed by atoms with Crippen molar-refractivity contribution in [1.29, 1.82) is 0 Å². The van der Waals surface area contributed by atoms with Crippen LogP contribution in [-0.4, -0.2) is 26.0 Å². The SMILES string of the molecule is CC[C@H]1CCc2sc(C(=O)NNC(=O)CCc3cccc(OC)c3OC)cc2C1. The maximum Gasteiger partial charge on any atom is 0.279 e. The Hall–Kier alpha value is -2.54. The van der Waals surface area contributed by atoms with Gasteiger partial charge in [0, 0.05) is 11.3 Å². The van der Waals surface area contributed by atoms with Gasteiger partial charge in [-0.15, -0.1) is 11.3 Å². The highest BCUT2D eigenvalue weighted by atomic mass is 32.1. The fraction of sp³-hybridized carbons (Fsp3) is 0.455. The fourth-order valence-electron chi connectivity index (χ4n) is 3.71. The zero-order valence-corrected chi connectivity index (χ0v) is 18.0. The summed E-state index contributed by atoms with van der Waals surface area (Å²) in [6.45, 7) is 2.21. The number of hydrogen-bond donors (Lipinski definition) is 2. The largest absolute Gasteiger partial charge is 0.493 e. The van der Waals surface area contributed by atoms with Crippen molar-refractivity contribution in [2.24, 2.45) is 5.92 Å². The summed E-state index contributed by atoms with van der Waals surface area (Å²) in [6, 6.07) is 7.54. The minimum Gasteiger partial charge on any atom is -0.493 e. The lowest BCUT2D eigenvalue weighted by Gasteiger charge is -2.19. The normalized spacial score (nSPS) is 15.3. The molecule has 0 fully saturated rings. The number of thiophene rings is 1. The van der Waals surface area contributed by atoms with Crippen LogP contribution in [0.1, 0.15) is 51.9 Å². The first kappa shape index (κ1) is 21.2. The van der Waals surface area contributed by atoms with Crippen LogP contribution in [-0.2, 0) is 24.1 Å². The predicted octanol–water partition coefficient (Wildman–Crippen LogP) is 3.67. The second-order valence-corrected chi connectivity index (χ2v) is 8.37. The highest BCUT2D eigenvalue weighted by Crippen LogP contribution is 2.33. The van der Waals surface area contributed by atoms with Crippen molar-refractivity contribution in [2.45, 2.75) is 45.4 Å². The van der Waals surface area contributed by atoms with Gasteiger partial charge in [-0.25, -0.2) is 0 Å². The molecule has 2 amide bonds. The topological polar surface area (TPSA) is 76.7 Å². The molecule has 0 bridgehead atoms. The van der Waals surface area contributed by atoms with Crippen molar-refractivity contribution in [2.75, 3.05) is 14.2 Å². The lowest BCUT2D eigenvalue weighted by molar-refractivity contribution is -0.121. The zero-order valence-electron chi connectivity index (χ0n) is 17.2. The molecule has 0 spiro atoms. The van der Waals surface area contributed by atoms with Gasteiger partial charge in [0.05, 0.1) is 19.1 Å². The number of amides is 2. The van der Waals surface area contributed by atoms with Crippen molar-refractivity contribution in [1.82, 2.24) is 10.9 Å². The highest BCUT2D eigenvalue weighted by Gasteiger charge is 2.22. The number of carbonyl (C=O) groups is 2. The molecule has 0 saturated heterocycles. The van der Waals surface area contributed by atoms with Gasteiger partial charge in [0.1, 0.15) is 0 Å². The molecule has 156 valence electrons. The molecule has 1 atom stereocenters. The van der Waals surface area contributed by atoms with E-state index in [0.717, 1.165) is 18.4 Å². The van der Waals surface area contributed by atoms with E-state index in [1.807, 2.05) is 24.3 Å². The number of benzene rings is 1. The fourth-order valence-corrected chi connectivity index (χ4v) is 4.81. The lowest BCUT2D eigenvalue weighted by atomic mass is 9.87. The molecular formula is C22H28N2O4S. The van der Waals surface area contributed by atoms with Crippen LogP contribution in [0.4, 0.5) is 0 Å². The Morgan fingerprint density at radius 2 is 2.03 bits per heavy atom. The minimum absolute atomic E-state index is 0.225. The molecule has 2 aromatic rings. The summed E-state index contributed by atoms with van der Waals surface area (Å²) in [6.07, 6.45) is 5.15. The summed E-state index contributed by atoms with van der Waals surface area (Å²) in [7, 11) is 3.15. The average Bonchev–Trinajstić information content (AvgIpc) is 3.18. The Morgan fingerprint density at radius 1 is 1.21 bits per heavy atom. The Labute approximate surface area is 175 Å². The third kappa shape index (κ3) is 5.09. The molecular weight excluding hydrogens is 388 g/mol. The summed E-state index contributed by atoms with van der Waals surface area (Å²) in [5.41, 5.74) is 7.22. The van der Waals surface area contributed by atoms with E-state index in [2.05, 4.69) is 17.8 Å². The van der Waals surface area contributed by atoms with Crippen LogP contribution >= 0.6 is 11.3 Å². The first-order valence-corrected chi connectivity index (χ1v) is 10.8. The van der Waals surface area contributed by atoms with E-state index in [1.165, 1.54) is 34.6 Å². The summed E-state index contributed by atoms with van der Waals surface area (Å²) < 4.78 is 10.7. The van der Waals surface area contributed by atoms with Crippen LogP contribution in [0.5, 0.6) is 11.5 Å². The number of rotatable bonds is 7. The van der Waals surface area contributed by atoms with E-state index < -0.39 is 0 Å². The van der Waals surface area contributed by atoms with Gasteiger partial charge in [0.2, 0.25) is 5.91 Å². The molecule has 1 aromatic carbocycles. The van der Waals surface area contributed by atoms with Gasteiger partial charge in [-0.2, -0.15) is 0 Å². The molecule has 7 heteroatoms. The standard InChI is InChI=1S/C22H28N2O4S/c1-4-14-8-10-18-16(12-14)13-19(29-18)22(26)24-23-20(25)11-9-15-6-5-7-17(27-2)21(15)28-3/h5-7,13-14H,4,8-12H2,1-3H3,(H,23,25)(H,24,26)/t14-/m0/s1. The quantitative estimate of drug-likeness (QED) is 0.675. The van der Waals surface area contributed by atoms with Crippen LogP contribution in [0.3, 0.4) is 0 Å². The molecule has 6 nitrogen and oxygen atoms in total. The van der Waals surface area contributed by atoms with Crippen LogP contribution in [0.2, 0.25) is 0 Å². The molecule has 1 aromatic heterocycles. The van der Waals surface area contributed by atoms with Gasteiger partial charge in [-0.3, -0.25) is 20.4 Å². The highest BCUT2D eigenvalue weighted by molar-refractivity contribution is 7.14. The van der Waals surface area contributed by atoms with Gasteiger partial charge < -0.3 is 9.47 Å². The molecule has 0 saturated carbocycles. The van der Waals surface area contributed by atoms with E-state index in [9.17, 15) is 9.59 Å². The first-order chi connectivity index (χ1) is 14.0. The average molecular weight is 417 g/mol. The number of fused-ring (bicyclic) bond motifs is 1. The van der Waals surface area contributed by atoms with E-state index in [1.54, 1.807) is 14.2 Å². The van der Waals surface area contributed by atoms with Gasteiger partial charge in [0.25, 0.3) is 5.91 Å². The van der Waals surface area contributed by atoms with E-state index in [0.29, 0.717) is 28.7 Å². The molecule has 1 aliphatic carbocycles. The van der Waals surface area contributed by atoms with Crippen molar-refractivity contribution >= 4 is 23.2 Å². The van der Waals surface area contributed by atoms with Crippen molar-refractivity contribution in [3.8, 4) is 11.5 Å². The Balaban J connectivity index is 1.51. The molecule has 1 aliphatic rings. The lowest BCUT2D eigenvalue weighted by Crippen LogP contribution is -2.41. The molecule has 0 unspecified atom stereocenters. The number of nitrogens with one attached hydrogen (secondary N) is 2. The summed E-state index contributed by atoms with van der Waals surface area (Å²) >= 11 is 1.53. The third-order valence-corrected chi connectivity index (χ3v) is 6.64. The predicted molar refractivity (Wildman–Crippen MR) is 114 cm³/mol. The number of methoxy groups -OCH3 is 2. The maximum atomic E-state index is 12.4. The second kappa shape index (κ2) is 9.78. The number of ether oxygens (including phenoxy) is 2. The Morgan fingerprint density at radius 3 is 2.76 bits per heavy atom. The Bertz CT molecular complexity index is 878. The van der Waals surface area contributed by atoms with Crippen molar-refractivity contribution in [3.05, 3.63) is 45.1 Å². The van der Waals surface area contributed by atoms with Gasteiger partial charge in [-0.1, -0.05) is 25.5 Å². The molecule has 0 radical (unpaired) electrons. The Kier molecular flexibility index (Phi) is 7.14. The third-order valence-electron chi connectivity index (χ3n) is 5.41. The molecule has 1 heterocycles. The first-order valence-electron chi connectivity index (χ1n) is 9.96. The van der Waals surface area contributed by atoms with E-state index in [-0.39, 0.29) is 18.2 Å². The van der Waals surface area contributed by atoms with Crippen molar-refractivity contribution < 1.29 is 19.1 Å². The van der Waals surface area contributed by atoms with Crippen LogP contribution in [0.25, 0.3) is 0 Å². The van der Waals surface area contributed by atoms with Crippen LogP contribution in [0.15, 0.2) is 24.3 Å². The smallest absolute Gasteiger partial charge is 0.279 e. The van der Waals surface area contributed by atoms with Crippen LogP contribution in [0, 0.1) is 5.92 Å². The zero-order chi connectivity index (χ0) is 20.8. The number of aryl methyl sites for hydroxylation is 2. The van der Waals surface area contributed by atoms with Gasteiger partial charge in [-0.05, 0) is 54.9 Å². The summed E-state index contributed by atoms with van der Waals surface area (Å²) in [5.74, 6) is 1.45. The monoisotopic (exact) mass is 416 g/mol. The van der Waals surface area contributed by atoms with Crippen molar-refractivity contribution in [3.63, 3.8) is 0 Å². The van der Waals surface area contributed by atoms with E-state index >= 15 is 0 Å². The van der Waals surface area contributed by atoms with E-state index in [4.69, 9.17) is 9.47 Å². The van der Waals surface area contributed by atoms with Gasteiger partial charge in [0.15, 0.2) is 11.5 Å². The summed E-state index contributed by atoms with van der Waals surface area (Å²) in [5, 5.41) is 0. The minimum atomic E-state index is -0.259. The maximum absolute atomic E-state index is 12.4. The van der Waals surface area contributed by atoms with Crippen LogP contribution < -0.4 is 20.3 Å².